The maximum atomic E-state index is 12.2. The summed E-state index contributed by atoms with van der Waals surface area (Å²) in [7, 11) is 4.03. The van der Waals surface area contributed by atoms with Crippen LogP contribution >= 0.6 is 0 Å². The van der Waals surface area contributed by atoms with Gasteiger partial charge in [0.15, 0.2) is 6.04 Å². The van der Waals surface area contributed by atoms with Crippen molar-refractivity contribution in [2.24, 2.45) is 0 Å². The third-order valence-corrected chi connectivity index (χ3v) is 4.05. The molecule has 3 N–H and O–H groups in total. The Morgan fingerprint density at radius 1 is 1.33 bits per heavy atom. The lowest BCUT2D eigenvalue weighted by molar-refractivity contribution is -0.523. The first-order valence-corrected chi connectivity index (χ1v) is 8.03. The molecule has 1 aliphatic heterocycles. The van der Waals surface area contributed by atoms with Crippen molar-refractivity contribution < 1.29 is 9.72 Å². The lowest BCUT2D eigenvalue weighted by Gasteiger charge is -2.14. The normalized spacial score (nSPS) is 23.4. The number of rotatable bonds is 7. The van der Waals surface area contributed by atoms with Gasteiger partial charge in [-0.1, -0.05) is 24.3 Å². The number of benzene rings is 1. The van der Waals surface area contributed by atoms with Crippen LogP contribution in [0.2, 0.25) is 0 Å². The van der Waals surface area contributed by atoms with Crippen molar-refractivity contribution in [3.05, 3.63) is 45.5 Å². The van der Waals surface area contributed by atoms with Crippen LogP contribution in [0.25, 0.3) is 0 Å². The average Bonchev–Trinajstić information content (AvgIpc) is 2.89. The van der Waals surface area contributed by atoms with Gasteiger partial charge in [-0.05, 0) is 38.6 Å². The number of amides is 1. The largest absolute Gasteiger partial charge is 0.354 e. The summed E-state index contributed by atoms with van der Waals surface area (Å²) in [5, 5.41) is 13.9. The summed E-state index contributed by atoms with van der Waals surface area (Å²) in [5.74, 6) is -0.349. The fraction of sp³-hybridized carbons (Fsp3) is 0.562. The van der Waals surface area contributed by atoms with Crippen molar-refractivity contribution in [3.8, 4) is 0 Å². The van der Waals surface area contributed by atoms with Crippen LogP contribution in [0.5, 0.6) is 0 Å². The molecule has 1 saturated heterocycles. The zero-order valence-electron chi connectivity index (χ0n) is 14.3. The van der Waals surface area contributed by atoms with Crippen molar-refractivity contribution in [2.45, 2.75) is 38.0 Å². The highest BCUT2D eigenvalue weighted by molar-refractivity contribution is 5.82. The van der Waals surface area contributed by atoms with E-state index in [4.69, 9.17) is 0 Å². The van der Waals surface area contributed by atoms with Crippen molar-refractivity contribution in [3.63, 3.8) is 0 Å². The smallest absolute Gasteiger partial charge is 0.254 e. The topological polar surface area (TPSA) is 99.5 Å². The third kappa shape index (κ3) is 4.73. The molecule has 0 saturated carbocycles. The van der Waals surface area contributed by atoms with Crippen LogP contribution in [0, 0.1) is 10.1 Å². The number of hydrazine groups is 1. The Morgan fingerprint density at radius 3 is 2.71 bits per heavy atom. The predicted octanol–water partition coefficient (Wildman–Crippen LogP) is -0.0829. The van der Waals surface area contributed by atoms with E-state index in [1.54, 1.807) is 6.92 Å². The molecule has 1 aromatic rings. The molecule has 8 heteroatoms. The molecule has 0 aromatic heterocycles. The van der Waals surface area contributed by atoms with E-state index in [0.29, 0.717) is 13.0 Å². The number of hydrogen-bond donors (Lipinski definition) is 3. The Bertz CT molecular complexity index is 593. The first-order valence-electron chi connectivity index (χ1n) is 8.03. The van der Waals surface area contributed by atoms with Crippen LogP contribution in [-0.4, -0.2) is 54.5 Å². The highest BCUT2D eigenvalue weighted by atomic mass is 16.6. The Morgan fingerprint density at radius 2 is 2.04 bits per heavy atom. The van der Waals surface area contributed by atoms with Crippen molar-refractivity contribution in [1.29, 1.82) is 0 Å². The van der Waals surface area contributed by atoms with E-state index in [2.05, 4.69) is 33.2 Å². The highest BCUT2D eigenvalue weighted by Crippen LogP contribution is 2.10. The van der Waals surface area contributed by atoms with Gasteiger partial charge < -0.3 is 10.2 Å². The highest BCUT2D eigenvalue weighted by Gasteiger charge is 2.46. The quantitative estimate of drug-likeness (QED) is 0.476. The minimum absolute atomic E-state index is 0.349. The first kappa shape index (κ1) is 18.3. The molecule has 3 atom stereocenters. The van der Waals surface area contributed by atoms with E-state index in [-0.39, 0.29) is 5.91 Å². The van der Waals surface area contributed by atoms with Crippen LogP contribution in [0.3, 0.4) is 0 Å². The SMILES string of the molecule is CC1NNC(C(=O)NCCc2cccc(CN(C)C)c2)C1[N+](=O)[O-]. The molecule has 8 nitrogen and oxygen atoms in total. The minimum Gasteiger partial charge on any atom is -0.354 e. The molecule has 3 unspecified atom stereocenters. The van der Waals surface area contributed by atoms with Crippen LogP contribution in [0.15, 0.2) is 24.3 Å². The van der Waals surface area contributed by atoms with Gasteiger partial charge in [0.05, 0.1) is 6.04 Å². The third-order valence-electron chi connectivity index (χ3n) is 4.05. The molecule has 1 heterocycles. The second-order valence-electron chi connectivity index (χ2n) is 6.43. The molecule has 1 aliphatic rings. The van der Waals surface area contributed by atoms with E-state index in [9.17, 15) is 14.9 Å². The molecular weight excluding hydrogens is 310 g/mol. The lowest BCUT2D eigenvalue weighted by Crippen LogP contribution is -2.50. The molecule has 0 aliphatic carbocycles. The van der Waals surface area contributed by atoms with E-state index < -0.39 is 23.0 Å². The summed E-state index contributed by atoms with van der Waals surface area (Å²) in [6.07, 6.45) is 0.686. The molecule has 0 bridgehead atoms. The summed E-state index contributed by atoms with van der Waals surface area (Å²) in [4.78, 5) is 25.0. The van der Waals surface area contributed by atoms with Gasteiger partial charge in [0.1, 0.15) is 0 Å². The Balaban J connectivity index is 1.85. The molecule has 1 fully saturated rings. The van der Waals surface area contributed by atoms with Gasteiger partial charge in [0.25, 0.3) is 6.04 Å². The van der Waals surface area contributed by atoms with E-state index in [1.165, 1.54) is 5.56 Å². The lowest BCUT2D eigenvalue weighted by atomic mass is 10.0. The molecule has 1 amide bonds. The van der Waals surface area contributed by atoms with Crippen LogP contribution in [-0.2, 0) is 17.8 Å². The molecule has 0 spiro atoms. The molecule has 24 heavy (non-hydrogen) atoms. The molecule has 1 aromatic carbocycles. The predicted molar refractivity (Wildman–Crippen MR) is 90.9 cm³/mol. The number of carbonyl (C=O) groups is 1. The Hall–Kier alpha value is -2.03. The molecule has 2 rings (SSSR count). The van der Waals surface area contributed by atoms with Gasteiger partial charge in [-0.2, -0.15) is 0 Å². The van der Waals surface area contributed by atoms with Crippen LogP contribution < -0.4 is 16.2 Å². The van der Waals surface area contributed by atoms with Crippen LogP contribution in [0.4, 0.5) is 0 Å². The minimum atomic E-state index is -0.964. The van der Waals surface area contributed by atoms with Gasteiger partial charge >= 0.3 is 0 Å². The maximum absolute atomic E-state index is 12.2. The maximum Gasteiger partial charge on any atom is 0.254 e. The summed E-state index contributed by atoms with van der Waals surface area (Å²) in [6.45, 7) is 2.99. The summed E-state index contributed by atoms with van der Waals surface area (Å²) in [5.41, 5.74) is 7.81. The van der Waals surface area contributed by atoms with Gasteiger partial charge in [-0.15, -0.1) is 0 Å². The first-order chi connectivity index (χ1) is 11.4. The van der Waals surface area contributed by atoms with E-state index in [1.807, 2.05) is 26.2 Å². The van der Waals surface area contributed by atoms with E-state index >= 15 is 0 Å². The fourth-order valence-electron chi connectivity index (χ4n) is 2.89. The van der Waals surface area contributed by atoms with Crippen molar-refractivity contribution in [1.82, 2.24) is 21.1 Å². The summed E-state index contributed by atoms with van der Waals surface area (Å²) in [6, 6.07) is 6.00. The Kier molecular flexibility index (Phi) is 6.24. The number of hydrogen-bond acceptors (Lipinski definition) is 6. The van der Waals surface area contributed by atoms with Gasteiger partial charge in [0.2, 0.25) is 5.91 Å². The van der Waals surface area contributed by atoms with Crippen molar-refractivity contribution in [2.75, 3.05) is 20.6 Å². The second kappa shape index (κ2) is 8.18. The van der Waals surface area contributed by atoms with Gasteiger partial charge in [-0.3, -0.25) is 14.9 Å². The second-order valence-corrected chi connectivity index (χ2v) is 6.43. The van der Waals surface area contributed by atoms with Crippen molar-refractivity contribution >= 4 is 5.91 Å². The zero-order chi connectivity index (χ0) is 17.7. The summed E-state index contributed by atoms with van der Waals surface area (Å²) < 4.78 is 0. The zero-order valence-corrected chi connectivity index (χ0v) is 14.3. The van der Waals surface area contributed by atoms with Gasteiger partial charge in [0, 0.05) is 18.0 Å². The molecule has 0 radical (unpaired) electrons. The van der Waals surface area contributed by atoms with Crippen LogP contribution in [0.1, 0.15) is 18.1 Å². The number of nitro groups is 1. The number of nitrogens with one attached hydrogen (secondary N) is 3. The standard InChI is InChI=1S/C16H25N5O3/c1-11-15(21(23)24)14(19-18-11)16(22)17-8-7-12-5-4-6-13(9-12)10-20(2)3/h4-6,9,11,14-15,18-19H,7-8,10H2,1-3H3,(H,17,22). The monoisotopic (exact) mass is 335 g/mol. The molecular formula is C16H25N5O3. The Labute approximate surface area is 141 Å². The fourth-order valence-corrected chi connectivity index (χ4v) is 2.89. The van der Waals surface area contributed by atoms with E-state index in [0.717, 1.165) is 12.1 Å². The number of nitrogens with zero attached hydrogens (tertiary/aromatic N) is 2. The molecule has 132 valence electrons. The van der Waals surface area contributed by atoms with Gasteiger partial charge in [-0.25, -0.2) is 10.9 Å². The summed E-state index contributed by atoms with van der Waals surface area (Å²) >= 11 is 0. The average molecular weight is 335 g/mol. The number of carbonyl (C=O) groups excluding carboxylic acids is 1.